The highest BCUT2D eigenvalue weighted by molar-refractivity contribution is 8.13. The zero-order valence-corrected chi connectivity index (χ0v) is 10.6. The number of rotatable bonds is 2. The zero-order chi connectivity index (χ0) is 13.7. The predicted octanol–water partition coefficient (Wildman–Crippen LogP) is 2.30. The van der Waals surface area contributed by atoms with Gasteiger partial charge in [0.2, 0.25) is 12.2 Å². The number of aromatic nitrogens is 2. The molecule has 1 aromatic heterocycles. The molecular weight excluding hydrogens is 269 g/mol. The second-order valence-electron chi connectivity index (χ2n) is 3.25. The molecule has 0 amide bonds. The number of nitrogens with one attached hydrogen (secondary N) is 1. The van der Waals surface area contributed by atoms with Gasteiger partial charge in [-0.05, 0) is 18.4 Å². The molecule has 0 radical (unpaired) electrons. The molecule has 96 valence electrons. The average molecular weight is 277 g/mol. The molecule has 0 aliphatic carbocycles. The highest BCUT2D eigenvalue weighted by atomic mass is 32.2. The van der Waals surface area contributed by atoms with Crippen molar-refractivity contribution in [3.8, 4) is 17.6 Å². The molecule has 1 aromatic carbocycles. The Hall–Kier alpha value is -2.40. The van der Waals surface area contributed by atoms with E-state index in [1.165, 1.54) is 23.9 Å². The lowest BCUT2D eigenvalue weighted by Gasteiger charge is -2.04. The SMILES string of the molecule is CSC(=Nc1cccc(F)c1-c1ncon1)NC#N. The van der Waals surface area contributed by atoms with Crippen LogP contribution in [0.4, 0.5) is 10.1 Å². The number of nitriles is 1. The van der Waals surface area contributed by atoms with Crippen LogP contribution in [-0.4, -0.2) is 21.6 Å². The van der Waals surface area contributed by atoms with Crippen LogP contribution in [0.25, 0.3) is 11.4 Å². The second-order valence-corrected chi connectivity index (χ2v) is 4.04. The number of benzene rings is 1. The molecule has 1 heterocycles. The van der Waals surface area contributed by atoms with Crippen LogP contribution < -0.4 is 5.32 Å². The number of hydrogen-bond acceptors (Lipinski definition) is 6. The van der Waals surface area contributed by atoms with Gasteiger partial charge in [0.05, 0.1) is 11.3 Å². The summed E-state index contributed by atoms with van der Waals surface area (Å²) in [6.45, 7) is 0. The first-order valence-electron chi connectivity index (χ1n) is 5.09. The summed E-state index contributed by atoms with van der Waals surface area (Å²) in [5, 5.41) is 14.9. The van der Waals surface area contributed by atoms with E-state index in [0.29, 0.717) is 10.9 Å². The third-order valence-electron chi connectivity index (χ3n) is 2.15. The number of amidine groups is 1. The largest absolute Gasteiger partial charge is 0.342 e. The van der Waals surface area contributed by atoms with Gasteiger partial charge < -0.3 is 4.52 Å². The molecule has 0 aliphatic heterocycles. The van der Waals surface area contributed by atoms with E-state index in [4.69, 9.17) is 5.26 Å². The van der Waals surface area contributed by atoms with Crippen molar-refractivity contribution >= 4 is 22.6 Å². The number of nitrogens with zero attached hydrogens (tertiary/aromatic N) is 4. The van der Waals surface area contributed by atoms with Crippen molar-refractivity contribution in [2.45, 2.75) is 0 Å². The Morgan fingerprint density at radius 3 is 3.05 bits per heavy atom. The van der Waals surface area contributed by atoms with Crippen molar-refractivity contribution in [3.63, 3.8) is 0 Å². The summed E-state index contributed by atoms with van der Waals surface area (Å²) >= 11 is 1.23. The second kappa shape index (κ2) is 5.97. The molecule has 0 unspecified atom stereocenters. The summed E-state index contributed by atoms with van der Waals surface area (Å²) in [7, 11) is 0. The minimum Gasteiger partial charge on any atom is -0.342 e. The van der Waals surface area contributed by atoms with Crippen LogP contribution in [-0.2, 0) is 0 Å². The van der Waals surface area contributed by atoms with E-state index in [1.54, 1.807) is 18.5 Å². The van der Waals surface area contributed by atoms with Crippen molar-refractivity contribution in [1.82, 2.24) is 15.5 Å². The molecule has 19 heavy (non-hydrogen) atoms. The predicted molar refractivity (Wildman–Crippen MR) is 69.1 cm³/mol. The van der Waals surface area contributed by atoms with E-state index in [0.717, 1.165) is 6.39 Å². The standard InChI is InChI=1S/C11H8FN5OS/c1-19-11(14-5-13)16-8-4-2-3-7(12)9(8)10-15-6-18-17-10/h2-4,6H,1H3,(H,14,16). The third-order valence-corrected chi connectivity index (χ3v) is 2.73. The van der Waals surface area contributed by atoms with Crippen molar-refractivity contribution in [2.75, 3.05) is 6.26 Å². The molecule has 0 atom stereocenters. The van der Waals surface area contributed by atoms with Crippen LogP contribution in [0.5, 0.6) is 0 Å². The van der Waals surface area contributed by atoms with Crippen molar-refractivity contribution in [3.05, 3.63) is 30.4 Å². The quantitative estimate of drug-likeness (QED) is 0.392. The van der Waals surface area contributed by atoms with E-state index >= 15 is 0 Å². The molecule has 0 saturated carbocycles. The molecule has 0 aliphatic rings. The van der Waals surface area contributed by atoms with Crippen LogP contribution in [0, 0.1) is 17.3 Å². The summed E-state index contributed by atoms with van der Waals surface area (Å²) in [5.74, 6) is -0.408. The molecule has 0 spiro atoms. The molecule has 2 rings (SSSR count). The molecular formula is C11H8FN5OS. The summed E-state index contributed by atoms with van der Waals surface area (Å²) in [4.78, 5) is 7.98. The van der Waals surface area contributed by atoms with Crippen molar-refractivity contribution < 1.29 is 8.91 Å². The van der Waals surface area contributed by atoms with Crippen LogP contribution in [0.3, 0.4) is 0 Å². The van der Waals surface area contributed by atoms with Gasteiger partial charge >= 0.3 is 0 Å². The minimum atomic E-state index is -0.514. The maximum Gasteiger partial charge on any atom is 0.214 e. The lowest BCUT2D eigenvalue weighted by Crippen LogP contribution is -2.12. The van der Waals surface area contributed by atoms with Crippen LogP contribution in [0.15, 0.2) is 34.1 Å². The lowest BCUT2D eigenvalue weighted by atomic mass is 10.1. The van der Waals surface area contributed by atoms with Gasteiger partial charge in [-0.2, -0.15) is 10.2 Å². The number of halogens is 1. The summed E-state index contributed by atoms with van der Waals surface area (Å²) < 4.78 is 18.5. The molecule has 2 aromatic rings. The number of aliphatic imine (C=N–C) groups is 1. The fourth-order valence-corrected chi connectivity index (χ4v) is 1.73. The Balaban J connectivity index is 2.53. The van der Waals surface area contributed by atoms with E-state index in [2.05, 4.69) is 25.0 Å². The first-order valence-corrected chi connectivity index (χ1v) is 6.31. The van der Waals surface area contributed by atoms with Crippen LogP contribution in [0.1, 0.15) is 0 Å². The fourth-order valence-electron chi connectivity index (χ4n) is 1.39. The topological polar surface area (TPSA) is 87.1 Å². The maximum atomic E-state index is 13.9. The maximum absolute atomic E-state index is 13.9. The minimum absolute atomic E-state index is 0.106. The smallest absolute Gasteiger partial charge is 0.214 e. The Bertz CT molecular complexity index is 635. The zero-order valence-electron chi connectivity index (χ0n) is 9.79. The Labute approximate surface area is 112 Å². The van der Waals surface area contributed by atoms with E-state index in [-0.39, 0.29) is 11.4 Å². The number of thioether (sulfide) groups is 1. The Morgan fingerprint density at radius 2 is 2.42 bits per heavy atom. The first-order chi connectivity index (χ1) is 9.26. The van der Waals surface area contributed by atoms with Crippen molar-refractivity contribution in [1.29, 1.82) is 5.26 Å². The van der Waals surface area contributed by atoms with Gasteiger partial charge in [0.15, 0.2) is 11.4 Å². The first kappa shape index (κ1) is 13.0. The highest BCUT2D eigenvalue weighted by Gasteiger charge is 2.15. The van der Waals surface area contributed by atoms with Gasteiger partial charge in [0.1, 0.15) is 5.82 Å². The van der Waals surface area contributed by atoms with Gasteiger partial charge in [0, 0.05) is 0 Å². The normalized spacial score (nSPS) is 11.1. The van der Waals surface area contributed by atoms with Crippen LogP contribution >= 0.6 is 11.8 Å². The summed E-state index contributed by atoms with van der Waals surface area (Å²) in [6, 6.07) is 4.40. The average Bonchev–Trinajstić information content (AvgIpc) is 2.92. The van der Waals surface area contributed by atoms with Crippen LogP contribution in [0.2, 0.25) is 0 Å². The van der Waals surface area contributed by atoms with Gasteiger partial charge in [-0.25, -0.2) is 9.38 Å². The molecule has 0 bridgehead atoms. The van der Waals surface area contributed by atoms with Gasteiger partial charge in [-0.1, -0.05) is 23.0 Å². The Morgan fingerprint density at radius 1 is 1.58 bits per heavy atom. The van der Waals surface area contributed by atoms with Crippen molar-refractivity contribution in [2.24, 2.45) is 4.99 Å². The lowest BCUT2D eigenvalue weighted by molar-refractivity contribution is 0.418. The van der Waals surface area contributed by atoms with Gasteiger partial charge in [0.25, 0.3) is 0 Å². The molecule has 8 heteroatoms. The van der Waals surface area contributed by atoms with E-state index in [9.17, 15) is 4.39 Å². The highest BCUT2D eigenvalue weighted by Crippen LogP contribution is 2.30. The molecule has 6 nitrogen and oxygen atoms in total. The summed E-state index contributed by atoms with van der Waals surface area (Å²) in [6.07, 6.45) is 4.62. The monoisotopic (exact) mass is 277 g/mol. The third kappa shape index (κ3) is 2.89. The molecule has 0 fully saturated rings. The number of hydrogen-bond donors (Lipinski definition) is 1. The fraction of sp³-hybridized carbons (Fsp3) is 0.0909. The molecule has 0 saturated heterocycles. The molecule has 1 N–H and O–H groups in total. The van der Waals surface area contributed by atoms with Gasteiger partial charge in [-0.15, -0.1) is 0 Å². The van der Waals surface area contributed by atoms with E-state index in [1.807, 2.05) is 0 Å². The summed E-state index contributed by atoms with van der Waals surface area (Å²) in [5.41, 5.74) is 0.441. The van der Waals surface area contributed by atoms with E-state index < -0.39 is 5.82 Å². The Kier molecular flexibility index (Phi) is 4.10. The van der Waals surface area contributed by atoms with Gasteiger partial charge in [-0.3, -0.25) is 5.32 Å².